The average molecular weight is 220 g/mol. The highest BCUT2D eigenvalue weighted by Crippen LogP contribution is 2.16. The minimum atomic E-state index is 0.490. The summed E-state index contributed by atoms with van der Waals surface area (Å²) in [6.07, 6.45) is 5.14. The number of aryl methyl sites for hydroxylation is 1. The van der Waals surface area contributed by atoms with E-state index in [1.54, 1.807) is 0 Å². The molecule has 1 fully saturated rings. The Morgan fingerprint density at radius 1 is 1.19 bits per heavy atom. The van der Waals surface area contributed by atoms with Crippen molar-refractivity contribution in [3.8, 4) is 0 Å². The van der Waals surface area contributed by atoms with Crippen LogP contribution in [0.3, 0.4) is 0 Å². The van der Waals surface area contributed by atoms with Crippen LogP contribution in [0.5, 0.6) is 0 Å². The van der Waals surface area contributed by atoms with E-state index in [2.05, 4.69) is 14.9 Å². The molecule has 4 heteroatoms. The predicted octanol–water partition coefficient (Wildman–Crippen LogP) is 1.62. The first-order chi connectivity index (χ1) is 7.79. The highest BCUT2D eigenvalue weighted by molar-refractivity contribution is 5.32. The molecule has 0 spiro atoms. The maximum atomic E-state index is 5.64. The molecule has 0 radical (unpaired) electrons. The van der Waals surface area contributed by atoms with Crippen LogP contribution in [0, 0.1) is 6.92 Å². The van der Waals surface area contributed by atoms with Crippen LogP contribution in [0.15, 0.2) is 6.07 Å². The van der Waals surface area contributed by atoms with Crippen molar-refractivity contribution >= 4 is 5.95 Å². The number of nitrogens with two attached hydrogens (primary N) is 1. The number of hydrogen-bond acceptors (Lipinski definition) is 4. The third-order valence-corrected chi connectivity index (χ3v) is 2.99. The van der Waals surface area contributed by atoms with Gasteiger partial charge in [-0.3, -0.25) is 0 Å². The molecular formula is C12H20N4. The molecule has 2 N–H and O–H groups in total. The Morgan fingerprint density at radius 2 is 1.88 bits per heavy atom. The van der Waals surface area contributed by atoms with Crippen LogP contribution in [0.2, 0.25) is 0 Å². The number of rotatable bonds is 2. The van der Waals surface area contributed by atoms with Crippen LogP contribution in [0.25, 0.3) is 0 Å². The van der Waals surface area contributed by atoms with Gasteiger partial charge >= 0.3 is 0 Å². The van der Waals surface area contributed by atoms with Crippen LogP contribution in [0.1, 0.15) is 37.1 Å². The first-order valence-electron chi connectivity index (χ1n) is 6.09. The first-order valence-corrected chi connectivity index (χ1v) is 6.09. The zero-order valence-electron chi connectivity index (χ0n) is 9.95. The molecule has 88 valence electrons. The van der Waals surface area contributed by atoms with Crippen LogP contribution < -0.4 is 10.6 Å². The van der Waals surface area contributed by atoms with E-state index in [1.807, 2.05) is 13.0 Å². The summed E-state index contributed by atoms with van der Waals surface area (Å²) >= 11 is 0. The molecule has 1 aromatic heterocycles. The summed E-state index contributed by atoms with van der Waals surface area (Å²) in [5, 5.41) is 0. The molecule has 1 saturated heterocycles. The van der Waals surface area contributed by atoms with Gasteiger partial charge < -0.3 is 10.6 Å². The summed E-state index contributed by atoms with van der Waals surface area (Å²) in [5.74, 6) is 0.863. The Hall–Kier alpha value is -1.16. The van der Waals surface area contributed by atoms with Gasteiger partial charge in [0.25, 0.3) is 0 Å². The lowest BCUT2D eigenvalue weighted by Gasteiger charge is -2.20. The molecule has 1 aromatic rings. The zero-order valence-corrected chi connectivity index (χ0v) is 9.95. The van der Waals surface area contributed by atoms with Crippen molar-refractivity contribution in [3.63, 3.8) is 0 Å². The average Bonchev–Trinajstić information content (AvgIpc) is 2.56. The third kappa shape index (κ3) is 2.70. The fraction of sp³-hybridized carbons (Fsp3) is 0.667. The van der Waals surface area contributed by atoms with Gasteiger partial charge in [0, 0.05) is 25.3 Å². The van der Waals surface area contributed by atoms with Crippen LogP contribution in [0.4, 0.5) is 5.95 Å². The van der Waals surface area contributed by atoms with Crippen molar-refractivity contribution in [2.45, 2.75) is 39.2 Å². The number of aromatic nitrogens is 2. The van der Waals surface area contributed by atoms with Crippen molar-refractivity contribution in [1.29, 1.82) is 0 Å². The first kappa shape index (κ1) is 11.3. The second-order valence-electron chi connectivity index (χ2n) is 4.41. The summed E-state index contributed by atoms with van der Waals surface area (Å²) < 4.78 is 0. The molecule has 1 aliphatic heterocycles. The van der Waals surface area contributed by atoms with Crippen molar-refractivity contribution in [1.82, 2.24) is 9.97 Å². The van der Waals surface area contributed by atoms with Gasteiger partial charge in [-0.25, -0.2) is 9.97 Å². The molecule has 2 rings (SSSR count). The molecular weight excluding hydrogens is 200 g/mol. The molecule has 4 nitrogen and oxygen atoms in total. The Morgan fingerprint density at radius 3 is 2.50 bits per heavy atom. The van der Waals surface area contributed by atoms with E-state index in [-0.39, 0.29) is 0 Å². The van der Waals surface area contributed by atoms with Gasteiger partial charge in [-0.15, -0.1) is 0 Å². The Bertz CT molecular complexity index is 343. The lowest BCUT2D eigenvalue weighted by atomic mass is 10.2. The Balaban J connectivity index is 2.20. The topological polar surface area (TPSA) is 55.0 Å². The second-order valence-corrected chi connectivity index (χ2v) is 4.41. The lowest BCUT2D eigenvalue weighted by Crippen LogP contribution is -2.26. The number of anilines is 1. The van der Waals surface area contributed by atoms with E-state index in [0.29, 0.717) is 6.54 Å². The van der Waals surface area contributed by atoms with E-state index in [1.165, 1.54) is 25.7 Å². The van der Waals surface area contributed by atoms with Gasteiger partial charge in [-0.05, 0) is 25.8 Å². The van der Waals surface area contributed by atoms with Crippen LogP contribution in [-0.4, -0.2) is 23.1 Å². The quantitative estimate of drug-likeness (QED) is 0.823. The van der Waals surface area contributed by atoms with Crippen molar-refractivity contribution < 1.29 is 0 Å². The summed E-state index contributed by atoms with van der Waals surface area (Å²) in [5.41, 5.74) is 7.58. The highest BCUT2D eigenvalue weighted by Gasteiger charge is 2.13. The molecule has 2 heterocycles. The zero-order chi connectivity index (χ0) is 11.4. The molecule has 0 amide bonds. The molecule has 0 saturated carbocycles. The number of hydrogen-bond donors (Lipinski definition) is 1. The van der Waals surface area contributed by atoms with Gasteiger partial charge in [-0.2, -0.15) is 0 Å². The van der Waals surface area contributed by atoms with Crippen molar-refractivity contribution in [2.75, 3.05) is 18.0 Å². The normalized spacial score (nSPS) is 17.2. The van der Waals surface area contributed by atoms with Gasteiger partial charge in [0.1, 0.15) is 0 Å². The summed E-state index contributed by atoms with van der Waals surface area (Å²) in [6.45, 7) is 4.65. The minimum absolute atomic E-state index is 0.490. The van der Waals surface area contributed by atoms with E-state index in [9.17, 15) is 0 Å². The highest BCUT2D eigenvalue weighted by atomic mass is 15.2. The fourth-order valence-electron chi connectivity index (χ4n) is 2.13. The molecule has 0 unspecified atom stereocenters. The van der Waals surface area contributed by atoms with Gasteiger partial charge in [-0.1, -0.05) is 12.8 Å². The van der Waals surface area contributed by atoms with E-state index in [4.69, 9.17) is 5.73 Å². The molecule has 0 atom stereocenters. The summed E-state index contributed by atoms with van der Waals surface area (Å²) in [6, 6.07) is 1.96. The molecule has 1 aliphatic rings. The number of nitrogens with zero attached hydrogens (tertiary/aromatic N) is 3. The van der Waals surface area contributed by atoms with Crippen LogP contribution >= 0.6 is 0 Å². The van der Waals surface area contributed by atoms with E-state index in [0.717, 1.165) is 30.4 Å². The third-order valence-electron chi connectivity index (χ3n) is 2.99. The van der Waals surface area contributed by atoms with Crippen LogP contribution in [-0.2, 0) is 6.54 Å². The lowest BCUT2D eigenvalue weighted by molar-refractivity contribution is 0.726. The SMILES string of the molecule is Cc1cc(CN)nc(N2CCCCCC2)n1. The van der Waals surface area contributed by atoms with E-state index < -0.39 is 0 Å². The fourth-order valence-corrected chi connectivity index (χ4v) is 2.13. The van der Waals surface area contributed by atoms with Crippen molar-refractivity contribution in [3.05, 3.63) is 17.5 Å². The Labute approximate surface area is 96.9 Å². The molecule has 0 aliphatic carbocycles. The largest absolute Gasteiger partial charge is 0.341 e. The van der Waals surface area contributed by atoms with E-state index >= 15 is 0 Å². The molecule has 0 aromatic carbocycles. The Kier molecular flexibility index (Phi) is 3.72. The van der Waals surface area contributed by atoms with Gasteiger partial charge in [0.15, 0.2) is 0 Å². The maximum Gasteiger partial charge on any atom is 0.225 e. The summed E-state index contributed by atoms with van der Waals surface area (Å²) in [4.78, 5) is 11.3. The summed E-state index contributed by atoms with van der Waals surface area (Å²) in [7, 11) is 0. The second kappa shape index (κ2) is 5.25. The van der Waals surface area contributed by atoms with Crippen molar-refractivity contribution in [2.24, 2.45) is 5.73 Å². The maximum absolute atomic E-state index is 5.64. The molecule has 16 heavy (non-hydrogen) atoms. The van der Waals surface area contributed by atoms with Gasteiger partial charge in [0.05, 0.1) is 5.69 Å². The minimum Gasteiger partial charge on any atom is -0.341 e. The monoisotopic (exact) mass is 220 g/mol. The smallest absolute Gasteiger partial charge is 0.225 e. The molecule has 0 bridgehead atoms. The predicted molar refractivity (Wildman–Crippen MR) is 65.3 cm³/mol. The standard InChI is InChI=1S/C12H20N4/c1-10-8-11(9-13)15-12(14-10)16-6-4-2-3-5-7-16/h8H,2-7,9,13H2,1H3. The van der Waals surface area contributed by atoms with Gasteiger partial charge in [0.2, 0.25) is 5.95 Å².